The summed E-state index contributed by atoms with van der Waals surface area (Å²) in [6, 6.07) is 19.3. The summed E-state index contributed by atoms with van der Waals surface area (Å²) in [6.07, 6.45) is 10.2. The molecule has 0 radical (unpaired) electrons. The van der Waals surface area contributed by atoms with Gasteiger partial charge >= 0.3 is 0 Å². The van der Waals surface area contributed by atoms with E-state index in [1.165, 1.54) is 23.2 Å². The summed E-state index contributed by atoms with van der Waals surface area (Å²) in [5.74, 6) is 0.565. The fourth-order valence-electron chi connectivity index (χ4n) is 3.28. The van der Waals surface area contributed by atoms with Gasteiger partial charge in [0.1, 0.15) is 0 Å². The molecule has 0 bridgehead atoms. The monoisotopic (exact) mass is 288 g/mol. The topological polar surface area (TPSA) is 6.48 Å². The Kier molecular flexibility index (Phi) is 3.43. The fraction of sp³-hybridized carbons (Fsp3) is 0.200. The minimum Gasteiger partial charge on any atom is -0.358 e. The lowest BCUT2D eigenvalue weighted by Crippen LogP contribution is -2.26. The second kappa shape index (κ2) is 5.72. The summed E-state index contributed by atoms with van der Waals surface area (Å²) in [4.78, 5) is 4.68. The van der Waals surface area contributed by atoms with Gasteiger partial charge in [0.15, 0.2) is 0 Å². The molecule has 22 heavy (non-hydrogen) atoms. The van der Waals surface area contributed by atoms with Gasteiger partial charge in [-0.25, -0.2) is 0 Å². The first-order valence-corrected chi connectivity index (χ1v) is 7.91. The third-order valence-corrected chi connectivity index (χ3v) is 4.51. The molecule has 2 aromatic rings. The standard InChI is InChI=1S/C20H20N2/c1-2-7-19(8-3-1)22-15-14-21(16-22)13-12-18-11-10-17-6-4-5-9-20(17)18/h1-11,14-15,18H,12-13,16H2. The Morgan fingerprint density at radius 3 is 2.64 bits per heavy atom. The van der Waals surface area contributed by atoms with Crippen LogP contribution >= 0.6 is 0 Å². The second-order valence-corrected chi connectivity index (χ2v) is 5.94. The summed E-state index contributed by atoms with van der Waals surface area (Å²) in [5, 5.41) is 0. The molecule has 0 spiro atoms. The van der Waals surface area contributed by atoms with Gasteiger partial charge in [-0.15, -0.1) is 0 Å². The van der Waals surface area contributed by atoms with Crippen LogP contribution < -0.4 is 4.90 Å². The lowest BCUT2D eigenvalue weighted by Gasteiger charge is -2.22. The van der Waals surface area contributed by atoms with Crippen LogP contribution in [0.15, 0.2) is 73.1 Å². The number of para-hydroxylation sites is 1. The second-order valence-electron chi connectivity index (χ2n) is 5.94. The Bertz CT molecular complexity index is 703. The highest BCUT2D eigenvalue weighted by molar-refractivity contribution is 5.62. The van der Waals surface area contributed by atoms with Crippen LogP contribution in [0, 0.1) is 0 Å². The Morgan fingerprint density at radius 1 is 0.909 bits per heavy atom. The van der Waals surface area contributed by atoms with Crippen LogP contribution in [0.4, 0.5) is 5.69 Å². The van der Waals surface area contributed by atoms with Crippen LogP contribution in [0.3, 0.4) is 0 Å². The molecule has 1 unspecified atom stereocenters. The van der Waals surface area contributed by atoms with Crippen molar-refractivity contribution in [3.63, 3.8) is 0 Å². The fourth-order valence-corrected chi connectivity index (χ4v) is 3.28. The molecule has 0 fully saturated rings. The Hall–Kier alpha value is -2.48. The molecule has 0 saturated heterocycles. The molecule has 1 aliphatic carbocycles. The quantitative estimate of drug-likeness (QED) is 0.820. The highest BCUT2D eigenvalue weighted by Gasteiger charge is 2.19. The van der Waals surface area contributed by atoms with Crippen LogP contribution in [-0.4, -0.2) is 18.1 Å². The van der Waals surface area contributed by atoms with Crippen LogP contribution in [0.1, 0.15) is 23.5 Å². The van der Waals surface area contributed by atoms with Gasteiger partial charge in [0.2, 0.25) is 0 Å². The van der Waals surface area contributed by atoms with E-state index in [-0.39, 0.29) is 0 Å². The number of rotatable bonds is 4. The normalized spacial score (nSPS) is 19.0. The molecule has 1 atom stereocenters. The van der Waals surface area contributed by atoms with Crippen molar-refractivity contribution in [2.75, 3.05) is 18.1 Å². The van der Waals surface area contributed by atoms with Crippen LogP contribution in [0.25, 0.3) is 6.08 Å². The first kappa shape index (κ1) is 13.2. The smallest absolute Gasteiger partial charge is 0.0941 e. The SMILES string of the molecule is C1=CC(CCN2C=CN(c3ccccc3)C2)c2ccccc21. The van der Waals surface area contributed by atoms with Gasteiger partial charge in [0.25, 0.3) is 0 Å². The Morgan fingerprint density at radius 2 is 1.73 bits per heavy atom. The van der Waals surface area contributed by atoms with E-state index in [1.807, 2.05) is 0 Å². The molecule has 0 aromatic heterocycles. The van der Waals surface area contributed by atoms with Crippen molar-refractivity contribution >= 4 is 11.8 Å². The van der Waals surface area contributed by atoms with E-state index in [2.05, 4.69) is 88.9 Å². The predicted octanol–water partition coefficient (Wildman–Crippen LogP) is 4.44. The van der Waals surface area contributed by atoms with E-state index in [0.717, 1.165) is 13.2 Å². The molecule has 2 aliphatic rings. The zero-order valence-corrected chi connectivity index (χ0v) is 12.6. The van der Waals surface area contributed by atoms with Crippen LogP contribution in [0.5, 0.6) is 0 Å². The molecule has 110 valence electrons. The highest BCUT2D eigenvalue weighted by atomic mass is 15.3. The van der Waals surface area contributed by atoms with Gasteiger partial charge in [0.05, 0.1) is 6.67 Å². The molecule has 2 heteroatoms. The van der Waals surface area contributed by atoms with Crippen LogP contribution in [-0.2, 0) is 0 Å². The lowest BCUT2D eigenvalue weighted by atomic mass is 9.97. The molecule has 0 saturated carbocycles. The summed E-state index contributed by atoms with van der Waals surface area (Å²) in [5.41, 5.74) is 4.12. The lowest BCUT2D eigenvalue weighted by molar-refractivity contribution is 0.391. The molecule has 2 aromatic carbocycles. The average Bonchev–Trinajstić information content (AvgIpc) is 3.21. The van der Waals surface area contributed by atoms with Crippen molar-refractivity contribution in [1.29, 1.82) is 0 Å². The van der Waals surface area contributed by atoms with Gasteiger partial charge in [-0.3, -0.25) is 0 Å². The average molecular weight is 288 g/mol. The predicted molar refractivity (Wildman–Crippen MR) is 92.5 cm³/mol. The van der Waals surface area contributed by atoms with Gasteiger partial charge < -0.3 is 9.80 Å². The number of fused-ring (bicyclic) bond motifs is 1. The van der Waals surface area contributed by atoms with E-state index < -0.39 is 0 Å². The van der Waals surface area contributed by atoms with Gasteiger partial charge in [-0.2, -0.15) is 0 Å². The first-order valence-electron chi connectivity index (χ1n) is 7.91. The van der Waals surface area contributed by atoms with Crippen molar-refractivity contribution < 1.29 is 0 Å². The number of benzene rings is 2. The minimum absolute atomic E-state index is 0.565. The Balaban J connectivity index is 1.35. The summed E-state index contributed by atoms with van der Waals surface area (Å²) in [7, 11) is 0. The van der Waals surface area contributed by atoms with E-state index in [1.54, 1.807) is 0 Å². The van der Waals surface area contributed by atoms with Crippen LogP contribution in [0.2, 0.25) is 0 Å². The maximum atomic E-state index is 2.39. The zero-order valence-electron chi connectivity index (χ0n) is 12.6. The molecule has 0 amide bonds. The first-order chi connectivity index (χ1) is 10.9. The number of anilines is 1. The summed E-state index contributed by atoms with van der Waals surface area (Å²) < 4.78 is 0. The third kappa shape index (κ3) is 2.52. The largest absolute Gasteiger partial charge is 0.358 e. The Labute approximate surface area is 132 Å². The van der Waals surface area contributed by atoms with E-state index in [0.29, 0.717) is 5.92 Å². The maximum Gasteiger partial charge on any atom is 0.0941 e. The van der Waals surface area contributed by atoms with Crippen molar-refractivity contribution in [1.82, 2.24) is 4.90 Å². The number of hydrogen-bond acceptors (Lipinski definition) is 2. The molecular formula is C20H20N2. The number of hydrogen-bond donors (Lipinski definition) is 0. The minimum atomic E-state index is 0.565. The van der Waals surface area contributed by atoms with Crippen molar-refractivity contribution in [3.05, 3.63) is 84.2 Å². The van der Waals surface area contributed by atoms with E-state index in [9.17, 15) is 0 Å². The summed E-state index contributed by atoms with van der Waals surface area (Å²) in [6.45, 7) is 2.03. The van der Waals surface area contributed by atoms with Gasteiger partial charge in [0, 0.05) is 30.5 Å². The third-order valence-electron chi connectivity index (χ3n) is 4.51. The number of allylic oxidation sites excluding steroid dienone is 1. The maximum absolute atomic E-state index is 2.39. The molecule has 2 nitrogen and oxygen atoms in total. The van der Waals surface area contributed by atoms with Gasteiger partial charge in [-0.05, 0) is 29.7 Å². The van der Waals surface area contributed by atoms with E-state index in [4.69, 9.17) is 0 Å². The molecule has 0 N–H and O–H groups in total. The van der Waals surface area contributed by atoms with E-state index >= 15 is 0 Å². The van der Waals surface area contributed by atoms with Crippen molar-refractivity contribution in [2.45, 2.75) is 12.3 Å². The summed E-state index contributed by atoms with van der Waals surface area (Å²) >= 11 is 0. The zero-order chi connectivity index (χ0) is 14.8. The molecule has 1 heterocycles. The van der Waals surface area contributed by atoms with Crippen molar-refractivity contribution in [2.24, 2.45) is 0 Å². The highest BCUT2D eigenvalue weighted by Crippen LogP contribution is 2.32. The van der Waals surface area contributed by atoms with Gasteiger partial charge in [-0.1, -0.05) is 54.6 Å². The molecular weight excluding hydrogens is 268 g/mol. The molecule has 1 aliphatic heterocycles. The molecule has 4 rings (SSSR count). The van der Waals surface area contributed by atoms with Crippen molar-refractivity contribution in [3.8, 4) is 0 Å². The number of nitrogens with zero attached hydrogens (tertiary/aromatic N) is 2.